The molecule has 2 aliphatic heterocycles. The van der Waals surface area contributed by atoms with E-state index < -0.39 is 28.4 Å². The van der Waals surface area contributed by atoms with E-state index in [2.05, 4.69) is 0 Å². The van der Waals surface area contributed by atoms with Crippen LogP contribution in [-0.4, -0.2) is 30.7 Å². The van der Waals surface area contributed by atoms with Crippen LogP contribution in [0.2, 0.25) is 0 Å². The Morgan fingerprint density at radius 2 is 1.90 bits per heavy atom. The van der Waals surface area contributed by atoms with E-state index in [1.54, 1.807) is 15.9 Å². The first-order chi connectivity index (χ1) is 13.8. The monoisotopic (exact) mass is 407 g/mol. The maximum absolute atomic E-state index is 12.9. The molecule has 0 N–H and O–H groups in total. The second-order valence-corrected chi connectivity index (χ2v) is 6.81. The molecular weight excluding hydrogens is 391 g/mol. The number of anilines is 2. The number of hydrogen-bond acceptors (Lipinski definition) is 5. The fraction of sp³-hybridized carbons (Fsp3) is 0.316. The minimum absolute atomic E-state index is 0.139. The molecule has 4 rings (SSSR count). The van der Waals surface area contributed by atoms with Crippen LogP contribution in [0.4, 0.5) is 35.0 Å². The Morgan fingerprint density at radius 1 is 1.10 bits per heavy atom. The Balaban J connectivity index is 1.67. The summed E-state index contributed by atoms with van der Waals surface area (Å²) in [6, 6.07) is 8.03. The molecule has 0 radical (unpaired) electrons. The molecule has 0 aliphatic carbocycles. The van der Waals surface area contributed by atoms with Gasteiger partial charge in [0.1, 0.15) is 12.3 Å². The highest BCUT2D eigenvalue weighted by atomic mass is 19.4. The Bertz CT molecular complexity index is 993. The highest BCUT2D eigenvalue weighted by Gasteiger charge is 2.35. The van der Waals surface area contributed by atoms with Crippen molar-refractivity contribution < 1.29 is 27.6 Å². The zero-order valence-corrected chi connectivity index (χ0v) is 15.1. The van der Waals surface area contributed by atoms with E-state index in [0.29, 0.717) is 32.2 Å². The Morgan fingerprint density at radius 3 is 2.55 bits per heavy atom. The van der Waals surface area contributed by atoms with E-state index >= 15 is 0 Å². The van der Waals surface area contributed by atoms with Crippen LogP contribution in [0.3, 0.4) is 0 Å². The number of halogens is 3. The molecule has 29 heavy (non-hydrogen) atoms. The molecule has 7 nitrogen and oxygen atoms in total. The van der Waals surface area contributed by atoms with E-state index in [9.17, 15) is 28.1 Å². The summed E-state index contributed by atoms with van der Waals surface area (Å²) in [6.45, 7) is 1.42. The number of rotatable bonds is 3. The zero-order valence-electron chi connectivity index (χ0n) is 15.1. The molecular formula is C19H16F3N3O4. The van der Waals surface area contributed by atoms with Gasteiger partial charge in [-0.1, -0.05) is 12.1 Å². The maximum Gasteiger partial charge on any atom is 0.416 e. The van der Waals surface area contributed by atoms with Gasteiger partial charge < -0.3 is 9.64 Å². The number of carbonyl (C=O) groups excluding carboxylic acids is 1. The second kappa shape index (κ2) is 6.94. The second-order valence-electron chi connectivity index (χ2n) is 6.81. The smallest absolute Gasteiger partial charge is 0.416 e. The average Bonchev–Trinajstić information content (AvgIpc) is 3.11. The number of alkyl halides is 3. The zero-order chi connectivity index (χ0) is 20.8. The molecule has 0 unspecified atom stereocenters. The summed E-state index contributed by atoms with van der Waals surface area (Å²) in [7, 11) is 0. The van der Waals surface area contributed by atoms with Gasteiger partial charge in [0, 0.05) is 19.2 Å². The fourth-order valence-corrected chi connectivity index (χ4v) is 3.77. The maximum atomic E-state index is 12.9. The first-order valence-corrected chi connectivity index (χ1v) is 8.91. The van der Waals surface area contributed by atoms with Gasteiger partial charge in [0.2, 0.25) is 0 Å². The van der Waals surface area contributed by atoms with Crippen LogP contribution >= 0.6 is 0 Å². The van der Waals surface area contributed by atoms with Crippen LogP contribution in [0.25, 0.3) is 0 Å². The highest BCUT2D eigenvalue weighted by molar-refractivity contribution is 5.90. The molecule has 2 aliphatic rings. The van der Waals surface area contributed by atoms with E-state index in [4.69, 9.17) is 4.74 Å². The first kappa shape index (κ1) is 19.0. The molecule has 0 spiro atoms. The molecule has 0 atom stereocenters. The van der Waals surface area contributed by atoms with Crippen molar-refractivity contribution in [3.05, 3.63) is 63.2 Å². The number of nitro groups is 1. The van der Waals surface area contributed by atoms with Gasteiger partial charge in [-0.05, 0) is 35.7 Å². The average molecular weight is 407 g/mol. The topological polar surface area (TPSA) is 75.9 Å². The van der Waals surface area contributed by atoms with E-state index in [1.807, 2.05) is 12.1 Å². The number of ether oxygens (including phenoxy) is 1. The van der Waals surface area contributed by atoms with Crippen molar-refractivity contribution >= 4 is 23.2 Å². The molecule has 1 fully saturated rings. The lowest BCUT2D eigenvalue weighted by molar-refractivity contribution is -0.384. The van der Waals surface area contributed by atoms with Crippen molar-refractivity contribution in [2.75, 3.05) is 29.5 Å². The van der Waals surface area contributed by atoms with Crippen LogP contribution in [0.1, 0.15) is 16.7 Å². The van der Waals surface area contributed by atoms with Crippen LogP contribution in [0.15, 0.2) is 36.4 Å². The summed E-state index contributed by atoms with van der Waals surface area (Å²) in [4.78, 5) is 25.8. The molecule has 152 valence electrons. The summed E-state index contributed by atoms with van der Waals surface area (Å²) in [5, 5.41) is 11.4. The van der Waals surface area contributed by atoms with Gasteiger partial charge in [-0.15, -0.1) is 0 Å². The van der Waals surface area contributed by atoms with Gasteiger partial charge in [-0.25, -0.2) is 4.79 Å². The lowest BCUT2D eigenvalue weighted by atomic mass is 9.96. The quantitative estimate of drug-likeness (QED) is 0.565. The van der Waals surface area contributed by atoms with Gasteiger partial charge >= 0.3 is 12.3 Å². The molecule has 2 heterocycles. The number of fused-ring (bicyclic) bond motifs is 1. The summed E-state index contributed by atoms with van der Waals surface area (Å²) in [6.07, 6.45) is -4.58. The summed E-state index contributed by atoms with van der Waals surface area (Å²) >= 11 is 0. The molecule has 0 saturated carbocycles. The van der Waals surface area contributed by atoms with Crippen LogP contribution in [0, 0.1) is 10.1 Å². The molecule has 1 saturated heterocycles. The minimum atomic E-state index is -4.66. The van der Waals surface area contributed by atoms with E-state index in [-0.39, 0.29) is 12.2 Å². The number of amides is 1. The van der Waals surface area contributed by atoms with Gasteiger partial charge in [0.15, 0.2) is 0 Å². The van der Waals surface area contributed by atoms with Crippen molar-refractivity contribution in [3.63, 3.8) is 0 Å². The lowest BCUT2D eigenvalue weighted by Gasteiger charge is -2.32. The van der Waals surface area contributed by atoms with Crippen LogP contribution in [-0.2, 0) is 23.9 Å². The molecule has 2 aromatic rings. The van der Waals surface area contributed by atoms with E-state index in [1.165, 1.54) is 0 Å². The van der Waals surface area contributed by atoms with Gasteiger partial charge in [-0.2, -0.15) is 13.2 Å². The third-order valence-corrected chi connectivity index (χ3v) is 5.13. The number of nitrogens with zero attached hydrogens (tertiary/aromatic N) is 3. The van der Waals surface area contributed by atoms with Crippen molar-refractivity contribution in [1.29, 1.82) is 0 Å². The van der Waals surface area contributed by atoms with Gasteiger partial charge in [0.05, 0.1) is 22.7 Å². The predicted molar refractivity (Wildman–Crippen MR) is 98.0 cm³/mol. The minimum Gasteiger partial charge on any atom is -0.447 e. The SMILES string of the molecule is O=C1OCCN1c1cccc2c1CCN(c1ccc(C(F)(F)F)cc1[N+](=O)[O-])C2. The molecule has 2 aromatic carbocycles. The number of hydrogen-bond donors (Lipinski definition) is 0. The van der Waals surface area contributed by atoms with Gasteiger partial charge in [-0.3, -0.25) is 15.0 Å². The van der Waals surface area contributed by atoms with Crippen LogP contribution < -0.4 is 9.80 Å². The Hall–Kier alpha value is -3.30. The summed E-state index contributed by atoms with van der Waals surface area (Å²) in [5.74, 6) is 0. The number of benzene rings is 2. The molecule has 0 aromatic heterocycles. The van der Waals surface area contributed by atoms with Gasteiger partial charge in [0.25, 0.3) is 5.69 Å². The first-order valence-electron chi connectivity index (χ1n) is 8.91. The third kappa shape index (κ3) is 3.45. The van der Waals surface area contributed by atoms with Crippen molar-refractivity contribution in [1.82, 2.24) is 0 Å². The molecule has 1 amide bonds. The standard InChI is InChI=1S/C19H16F3N3O4/c20-19(21,22)13-4-5-16(17(10-13)25(27)28)23-7-6-14-12(11-23)2-1-3-15(14)24-8-9-29-18(24)26/h1-5,10H,6-9,11H2. The largest absolute Gasteiger partial charge is 0.447 e. The highest BCUT2D eigenvalue weighted by Crippen LogP contribution is 2.39. The Kier molecular flexibility index (Phi) is 4.56. The van der Waals surface area contributed by atoms with Crippen LogP contribution in [0.5, 0.6) is 0 Å². The molecule has 10 heteroatoms. The lowest BCUT2D eigenvalue weighted by Crippen LogP contribution is -2.33. The van der Waals surface area contributed by atoms with Crippen molar-refractivity contribution in [2.24, 2.45) is 0 Å². The van der Waals surface area contributed by atoms with Crippen molar-refractivity contribution in [3.8, 4) is 0 Å². The Labute approximate surface area is 163 Å². The molecule has 0 bridgehead atoms. The number of cyclic esters (lactones) is 1. The predicted octanol–water partition coefficient (Wildman–Crippen LogP) is 4.13. The fourth-order valence-electron chi connectivity index (χ4n) is 3.77. The summed E-state index contributed by atoms with van der Waals surface area (Å²) < 4.78 is 43.8. The number of nitro benzene ring substituents is 1. The third-order valence-electron chi connectivity index (χ3n) is 5.13. The van der Waals surface area contributed by atoms with E-state index in [0.717, 1.165) is 28.9 Å². The van der Waals surface area contributed by atoms with Crippen molar-refractivity contribution in [2.45, 2.75) is 19.1 Å². The normalized spacial score (nSPS) is 16.6. The summed E-state index contributed by atoms with van der Waals surface area (Å²) in [5.41, 5.74) is 1.05. The number of carbonyl (C=O) groups is 1.